The molecule has 0 spiro atoms. The molecule has 128 valence electrons. The molecule has 0 aliphatic rings. The fraction of sp³-hybridized carbons (Fsp3) is 0.158. The number of anilines is 1. The monoisotopic (exact) mass is 372 g/mol. The van der Waals surface area contributed by atoms with Gasteiger partial charge in [-0.1, -0.05) is 48.0 Å². The molecular weight excluding hydrogens is 356 g/mol. The van der Waals surface area contributed by atoms with Gasteiger partial charge in [0.2, 0.25) is 0 Å². The van der Waals surface area contributed by atoms with Crippen LogP contribution in [0.1, 0.15) is 16.0 Å². The minimum atomic E-state index is -0.234. The largest absolute Gasteiger partial charge is 0.483 e. The predicted octanol–water partition coefficient (Wildman–Crippen LogP) is 4.71. The van der Waals surface area contributed by atoms with E-state index in [0.717, 1.165) is 21.0 Å². The molecule has 0 fully saturated rings. The van der Waals surface area contributed by atoms with Gasteiger partial charge in [-0.3, -0.25) is 10.1 Å². The summed E-state index contributed by atoms with van der Waals surface area (Å²) in [5, 5.41) is 4.05. The minimum absolute atomic E-state index is 0.0513. The number of halogens is 1. The number of ether oxygens (including phenoxy) is 1. The highest BCUT2D eigenvalue weighted by molar-refractivity contribution is 7.15. The third kappa shape index (κ3) is 4.81. The summed E-state index contributed by atoms with van der Waals surface area (Å²) >= 11 is 7.61. The highest BCUT2D eigenvalue weighted by Gasteiger charge is 2.09. The van der Waals surface area contributed by atoms with E-state index in [0.29, 0.717) is 17.3 Å². The van der Waals surface area contributed by atoms with Gasteiger partial charge in [0, 0.05) is 22.5 Å². The maximum Gasteiger partial charge on any atom is 0.264 e. The van der Waals surface area contributed by atoms with E-state index in [-0.39, 0.29) is 12.5 Å². The van der Waals surface area contributed by atoms with Crippen LogP contribution in [0.3, 0.4) is 0 Å². The van der Waals surface area contributed by atoms with Crippen molar-refractivity contribution in [2.75, 3.05) is 11.9 Å². The lowest BCUT2D eigenvalue weighted by atomic mass is 10.1. The Kier molecular flexibility index (Phi) is 5.68. The zero-order chi connectivity index (χ0) is 17.6. The number of carbonyl (C=O) groups is 1. The number of carbonyl (C=O) groups excluding carboxylic acids is 1. The maximum absolute atomic E-state index is 12.0. The van der Waals surface area contributed by atoms with Crippen LogP contribution in [0, 0.1) is 6.92 Å². The van der Waals surface area contributed by atoms with Crippen LogP contribution >= 0.6 is 22.9 Å². The quantitative estimate of drug-likeness (QED) is 0.681. The summed E-state index contributed by atoms with van der Waals surface area (Å²) in [7, 11) is 0. The van der Waals surface area contributed by atoms with E-state index in [1.807, 2.05) is 55.5 Å². The summed E-state index contributed by atoms with van der Waals surface area (Å²) in [5.41, 5.74) is 2.03. The molecule has 2 aromatic carbocycles. The number of amides is 1. The van der Waals surface area contributed by atoms with Crippen LogP contribution in [0.15, 0.2) is 54.7 Å². The number of aryl methyl sites for hydroxylation is 1. The molecule has 0 radical (unpaired) electrons. The smallest absolute Gasteiger partial charge is 0.264 e. The number of hydrogen-bond donors (Lipinski definition) is 1. The average Bonchev–Trinajstić information content (AvgIpc) is 3.03. The molecule has 6 heteroatoms. The Bertz CT molecular complexity index is 879. The van der Waals surface area contributed by atoms with Gasteiger partial charge in [0.15, 0.2) is 11.7 Å². The second kappa shape index (κ2) is 8.14. The van der Waals surface area contributed by atoms with E-state index in [2.05, 4.69) is 10.3 Å². The van der Waals surface area contributed by atoms with Crippen LogP contribution in [-0.4, -0.2) is 17.5 Å². The molecule has 0 aliphatic heterocycles. The number of para-hydroxylation sites is 1. The van der Waals surface area contributed by atoms with E-state index in [9.17, 15) is 4.79 Å². The Morgan fingerprint density at radius 1 is 1.20 bits per heavy atom. The predicted molar refractivity (Wildman–Crippen MR) is 102 cm³/mol. The fourth-order valence-electron chi connectivity index (χ4n) is 2.29. The highest BCUT2D eigenvalue weighted by Crippen LogP contribution is 2.24. The summed E-state index contributed by atoms with van der Waals surface area (Å²) in [4.78, 5) is 17.3. The molecule has 0 saturated heterocycles. The summed E-state index contributed by atoms with van der Waals surface area (Å²) < 4.78 is 5.54. The fourth-order valence-corrected chi connectivity index (χ4v) is 3.35. The van der Waals surface area contributed by atoms with E-state index >= 15 is 0 Å². The Balaban J connectivity index is 1.55. The molecule has 3 aromatic rings. The zero-order valence-corrected chi connectivity index (χ0v) is 15.2. The van der Waals surface area contributed by atoms with Crippen LogP contribution in [0.5, 0.6) is 5.75 Å². The summed E-state index contributed by atoms with van der Waals surface area (Å²) in [6.45, 7) is 1.89. The van der Waals surface area contributed by atoms with Crippen molar-refractivity contribution in [3.8, 4) is 5.75 Å². The van der Waals surface area contributed by atoms with Crippen LogP contribution in [0.25, 0.3) is 0 Å². The molecular formula is C19H17ClN2O2S. The van der Waals surface area contributed by atoms with Gasteiger partial charge in [0.05, 0.1) is 0 Å². The molecule has 1 heterocycles. The highest BCUT2D eigenvalue weighted by atomic mass is 35.5. The summed E-state index contributed by atoms with van der Waals surface area (Å²) in [6, 6.07) is 15.3. The van der Waals surface area contributed by atoms with Gasteiger partial charge in [-0.15, -0.1) is 11.3 Å². The number of aromatic nitrogens is 1. The third-order valence-corrected chi connectivity index (χ3v) is 4.86. The maximum atomic E-state index is 12.0. The first-order chi connectivity index (χ1) is 12.1. The molecule has 0 bridgehead atoms. The first-order valence-electron chi connectivity index (χ1n) is 7.78. The molecule has 4 nitrogen and oxygen atoms in total. The lowest BCUT2D eigenvalue weighted by molar-refractivity contribution is -0.118. The number of thiazole rings is 1. The molecule has 1 aromatic heterocycles. The molecule has 0 atom stereocenters. The first kappa shape index (κ1) is 17.5. The van der Waals surface area contributed by atoms with Gasteiger partial charge < -0.3 is 4.74 Å². The van der Waals surface area contributed by atoms with Crippen LogP contribution in [0.4, 0.5) is 5.13 Å². The lowest BCUT2D eigenvalue weighted by Gasteiger charge is -2.08. The molecule has 0 unspecified atom stereocenters. The second-order valence-electron chi connectivity index (χ2n) is 5.50. The van der Waals surface area contributed by atoms with Crippen LogP contribution in [0.2, 0.25) is 5.02 Å². The Labute approximate surface area is 155 Å². The van der Waals surface area contributed by atoms with Crippen molar-refractivity contribution >= 4 is 34.0 Å². The second-order valence-corrected chi connectivity index (χ2v) is 7.02. The number of nitrogens with one attached hydrogen (secondary N) is 1. The standard InChI is InChI=1S/C19H17ClN2O2S/c1-13-6-2-5-9-17(13)24-12-18(23)22-19-21-11-15(25-19)10-14-7-3-4-8-16(14)20/h2-9,11H,10,12H2,1H3,(H,21,22,23). The van der Waals surface area contributed by atoms with Crippen molar-refractivity contribution in [1.82, 2.24) is 4.98 Å². The molecule has 0 saturated carbocycles. The van der Waals surface area contributed by atoms with E-state index in [1.54, 1.807) is 6.20 Å². The number of benzene rings is 2. The number of hydrogen-bond acceptors (Lipinski definition) is 4. The van der Waals surface area contributed by atoms with Crippen molar-refractivity contribution in [2.24, 2.45) is 0 Å². The van der Waals surface area contributed by atoms with Gasteiger partial charge in [0.25, 0.3) is 5.91 Å². The van der Waals surface area contributed by atoms with Gasteiger partial charge in [-0.2, -0.15) is 0 Å². The van der Waals surface area contributed by atoms with E-state index in [1.165, 1.54) is 11.3 Å². The van der Waals surface area contributed by atoms with Crippen molar-refractivity contribution < 1.29 is 9.53 Å². The molecule has 0 aliphatic carbocycles. The first-order valence-corrected chi connectivity index (χ1v) is 8.97. The Hall–Kier alpha value is -2.37. The van der Waals surface area contributed by atoms with Crippen molar-refractivity contribution in [1.29, 1.82) is 0 Å². The van der Waals surface area contributed by atoms with Crippen molar-refractivity contribution in [3.05, 3.63) is 75.8 Å². The molecule has 3 rings (SSSR count). The molecule has 25 heavy (non-hydrogen) atoms. The number of rotatable bonds is 6. The summed E-state index contributed by atoms with van der Waals surface area (Å²) in [6.07, 6.45) is 2.44. The van der Waals surface area contributed by atoms with Gasteiger partial charge in [-0.05, 0) is 30.2 Å². The van der Waals surface area contributed by atoms with Crippen molar-refractivity contribution in [2.45, 2.75) is 13.3 Å². The normalized spacial score (nSPS) is 10.5. The van der Waals surface area contributed by atoms with Crippen LogP contribution < -0.4 is 10.1 Å². The Morgan fingerprint density at radius 3 is 2.76 bits per heavy atom. The van der Waals surface area contributed by atoms with E-state index < -0.39 is 0 Å². The Morgan fingerprint density at radius 2 is 1.96 bits per heavy atom. The lowest BCUT2D eigenvalue weighted by Crippen LogP contribution is -2.20. The SMILES string of the molecule is Cc1ccccc1OCC(=O)Nc1ncc(Cc2ccccc2Cl)s1. The van der Waals surface area contributed by atoms with E-state index in [4.69, 9.17) is 16.3 Å². The third-order valence-electron chi connectivity index (χ3n) is 3.57. The van der Waals surface area contributed by atoms with Gasteiger partial charge >= 0.3 is 0 Å². The molecule has 1 amide bonds. The minimum Gasteiger partial charge on any atom is -0.483 e. The van der Waals surface area contributed by atoms with Gasteiger partial charge in [0.1, 0.15) is 5.75 Å². The zero-order valence-electron chi connectivity index (χ0n) is 13.7. The summed E-state index contributed by atoms with van der Waals surface area (Å²) in [5.74, 6) is 0.470. The molecule has 1 N–H and O–H groups in total. The average molecular weight is 373 g/mol. The van der Waals surface area contributed by atoms with Gasteiger partial charge in [-0.25, -0.2) is 4.98 Å². The number of nitrogens with zero attached hydrogens (tertiary/aromatic N) is 1. The topological polar surface area (TPSA) is 51.2 Å². The van der Waals surface area contributed by atoms with Crippen LogP contribution in [-0.2, 0) is 11.2 Å². The van der Waals surface area contributed by atoms with Crippen molar-refractivity contribution in [3.63, 3.8) is 0 Å².